The maximum absolute atomic E-state index is 14.5. The fourth-order valence-electron chi connectivity index (χ4n) is 3.75. The van der Waals surface area contributed by atoms with Crippen LogP contribution in [0.25, 0.3) is 11.0 Å². The van der Waals surface area contributed by atoms with Crippen LogP contribution in [0, 0.1) is 6.92 Å². The van der Waals surface area contributed by atoms with Gasteiger partial charge >= 0.3 is 25.5 Å². The molecule has 1 fully saturated rings. The van der Waals surface area contributed by atoms with Gasteiger partial charge in [0.05, 0.1) is 13.7 Å². The van der Waals surface area contributed by atoms with E-state index in [1.54, 1.807) is 18.2 Å². The first kappa shape index (κ1) is 27.6. The summed E-state index contributed by atoms with van der Waals surface area (Å²) >= 11 is 0. The Labute approximate surface area is 211 Å². The number of aromatic nitrogens is 2. The monoisotopic (exact) mass is 561 g/mol. The fourth-order valence-corrected chi connectivity index (χ4v) is 4.09. The highest BCUT2D eigenvalue weighted by atomic mass is 31.2. The van der Waals surface area contributed by atoms with Gasteiger partial charge in [0.2, 0.25) is 6.23 Å². The zero-order chi connectivity index (χ0) is 27.8. The van der Waals surface area contributed by atoms with Crippen molar-refractivity contribution >= 4 is 30.7 Å². The van der Waals surface area contributed by atoms with Crippen molar-refractivity contribution in [1.29, 1.82) is 0 Å². The number of nitrogens with zero attached hydrogens (tertiary/aromatic N) is 2. The standard InChI is InChI=1S/C21H22F2N3O11P/c1-10-5-12(33-2)6-11-7-13(36-16(10)11)8-34-20(29)25-15-3-4-26(19(28)24-15)18-21(22,23)17(27)14(37-18)9-35-38(30,31)32/h3-7,14,17-18,27H,8-9H2,1-2H3,(H2,30,31,32)(H,24,25,28,29)/t14?,17-,18-/m1/s1. The Morgan fingerprint density at radius 3 is 2.71 bits per heavy atom. The molecule has 1 aromatic carbocycles. The van der Waals surface area contributed by atoms with Crippen molar-refractivity contribution in [2.45, 2.75) is 37.9 Å². The van der Waals surface area contributed by atoms with E-state index in [-0.39, 0.29) is 12.4 Å². The van der Waals surface area contributed by atoms with Gasteiger partial charge in [0.15, 0.2) is 12.7 Å². The smallest absolute Gasteiger partial charge is 0.469 e. The molecule has 0 bridgehead atoms. The summed E-state index contributed by atoms with van der Waals surface area (Å²) in [6.07, 6.45) is -6.94. The lowest BCUT2D eigenvalue weighted by Crippen LogP contribution is -2.42. The number of hydrogen-bond donors (Lipinski definition) is 4. The normalized spacial score (nSPS) is 21.0. The van der Waals surface area contributed by atoms with E-state index in [0.717, 1.165) is 23.2 Å². The van der Waals surface area contributed by atoms with Gasteiger partial charge < -0.3 is 33.5 Å². The molecule has 3 heterocycles. The molecule has 1 aliphatic heterocycles. The number of anilines is 1. The Balaban J connectivity index is 1.40. The van der Waals surface area contributed by atoms with Crippen molar-refractivity contribution in [2.75, 3.05) is 19.0 Å². The van der Waals surface area contributed by atoms with Gasteiger partial charge in [-0.15, -0.1) is 0 Å². The molecule has 4 rings (SSSR count). The highest BCUT2D eigenvalue weighted by Crippen LogP contribution is 2.44. The Kier molecular flexibility index (Phi) is 7.56. The largest absolute Gasteiger partial charge is 0.497 e. The van der Waals surface area contributed by atoms with Gasteiger partial charge in [-0.25, -0.2) is 14.2 Å². The third-order valence-electron chi connectivity index (χ3n) is 5.51. The molecular formula is C21H22F2N3O11P. The third kappa shape index (κ3) is 5.85. The molecule has 2 aromatic heterocycles. The summed E-state index contributed by atoms with van der Waals surface area (Å²) in [6.45, 7) is 0.490. The van der Waals surface area contributed by atoms with Gasteiger partial charge in [-0.1, -0.05) is 0 Å². The number of benzene rings is 1. The lowest BCUT2D eigenvalue weighted by Gasteiger charge is -2.21. The molecule has 1 aliphatic rings. The molecule has 14 nitrogen and oxygen atoms in total. The number of halogens is 2. The highest BCUT2D eigenvalue weighted by Gasteiger charge is 2.60. The topological polar surface area (TPSA) is 192 Å². The van der Waals surface area contributed by atoms with Crippen LogP contribution >= 0.6 is 7.82 Å². The molecule has 4 N–H and O–H groups in total. The Morgan fingerprint density at radius 1 is 1.32 bits per heavy atom. The van der Waals surface area contributed by atoms with Crippen LogP contribution in [-0.4, -0.2) is 62.4 Å². The zero-order valence-corrected chi connectivity index (χ0v) is 20.6. The van der Waals surface area contributed by atoms with Gasteiger partial charge in [0, 0.05) is 11.6 Å². The van der Waals surface area contributed by atoms with Gasteiger partial charge in [0.25, 0.3) is 0 Å². The van der Waals surface area contributed by atoms with Gasteiger partial charge in [-0.05, 0) is 36.8 Å². The molecule has 206 valence electrons. The zero-order valence-electron chi connectivity index (χ0n) is 19.7. The highest BCUT2D eigenvalue weighted by molar-refractivity contribution is 7.46. The van der Waals surface area contributed by atoms with Gasteiger partial charge in [-0.3, -0.25) is 14.4 Å². The number of aryl methyl sites for hydroxylation is 1. The van der Waals surface area contributed by atoms with E-state index in [4.69, 9.17) is 28.4 Å². The van der Waals surface area contributed by atoms with Crippen LogP contribution in [0.5, 0.6) is 5.75 Å². The van der Waals surface area contributed by atoms with Crippen molar-refractivity contribution in [3.8, 4) is 5.75 Å². The number of methoxy groups -OCH3 is 1. The number of carbonyl (C=O) groups excluding carboxylic acids is 1. The van der Waals surface area contributed by atoms with Crippen molar-refractivity contribution in [3.05, 3.63) is 52.3 Å². The quantitative estimate of drug-likeness (QED) is 0.293. The number of phosphoric acid groups is 1. The van der Waals surface area contributed by atoms with E-state index >= 15 is 0 Å². The molecule has 17 heteroatoms. The number of carbonyl (C=O) groups is 1. The van der Waals surface area contributed by atoms with Crippen molar-refractivity contribution in [2.24, 2.45) is 0 Å². The Bertz CT molecular complexity index is 1450. The number of alkyl halides is 2. The summed E-state index contributed by atoms with van der Waals surface area (Å²) in [5, 5.41) is 12.7. The van der Waals surface area contributed by atoms with Crippen LogP contribution in [0.15, 0.2) is 39.7 Å². The molecule has 0 saturated carbocycles. The maximum Gasteiger partial charge on any atom is 0.469 e. The van der Waals surface area contributed by atoms with Crippen molar-refractivity contribution in [3.63, 3.8) is 0 Å². The number of aliphatic hydroxyl groups excluding tert-OH is 1. The number of aliphatic hydroxyl groups is 1. The predicted molar refractivity (Wildman–Crippen MR) is 123 cm³/mol. The summed E-state index contributed by atoms with van der Waals surface area (Å²) in [4.78, 5) is 45.5. The van der Waals surface area contributed by atoms with Crippen LogP contribution in [0.1, 0.15) is 17.6 Å². The van der Waals surface area contributed by atoms with E-state index in [1.807, 2.05) is 6.92 Å². The lowest BCUT2D eigenvalue weighted by molar-refractivity contribution is -0.140. The van der Waals surface area contributed by atoms with Gasteiger partial charge in [-0.2, -0.15) is 13.8 Å². The summed E-state index contributed by atoms with van der Waals surface area (Å²) < 4.78 is 65.2. The third-order valence-corrected chi connectivity index (χ3v) is 5.99. The molecule has 0 radical (unpaired) electrons. The number of rotatable bonds is 8. The van der Waals surface area contributed by atoms with E-state index < -0.39 is 50.6 Å². The first-order chi connectivity index (χ1) is 17.8. The summed E-state index contributed by atoms with van der Waals surface area (Å²) in [5.74, 6) is -3.42. The van der Waals surface area contributed by atoms with E-state index in [9.17, 15) is 28.0 Å². The minimum atomic E-state index is -5.03. The molecular weight excluding hydrogens is 539 g/mol. The lowest BCUT2D eigenvalue weighted by atomic mass is 10.1. The molecule has 1 amide bonds. The number of amides is 1. The van der Waals surface area contributed by atoms with Gasteiger partial charge in [0.1, 0.15) is 29.0 Å². The van der Waals surface area contributed by atoms with E-state index in [2.05, 4.69) is 14.8 Å². The molecule has 0 aliphatic carbocycles. The van der Waals surface area contributed by atoms with Crippen molar-refractivity contribution < 1.29 is 56.2 Å². The van der Waals surface area contributed by atoms with Crippen LogP contribution in [0.4, 0.5) is 19.4 Å². The maximum atomic E-state index is 14.5. The summed E-state index contributed by atoms with van der Waals surface area (Å²) in [5.41, 5.74) is 0.115. The number of phosphoric ester groups is 1. The first-order valence-electron chi connectivity index (χ1n) is 10.8. The second-order valence-electron chi connectivity index (χ2n) is 8.21. The van der Waals surface area contributed by atoms with Crippen LogP contribution in [0.3, 0.4) is 0 Å². The average Bonchev–Trinajstić information content (AvgIpc) is 3.35. The van der Waals surface area contributed by atoms with E-state index in [1.165, 1.54) is 7.11 Å². The molecule has 1 saturated heterocycles. The van der Waals surface area contributed by atoms with E-state index in [0.29, 0.717) is 21.7 Å². The number of ether oxygens (including phenoxy) is 3. The molecule has 3 aromatic rings. The Hall–Kier alpha value is -3.40. The number of fused-ring (bicyclic) bond motifs is 1. The fraction of sp³-hybridized carbons (Fsp3) is 0.381. The number of nitrogens with one attached hydrogen (secondary N) is 1. The van der Waals surface area contributed by atoms with Crippen LogP contribution in [0.2, 0.25) is 0 Å². The summed E-state index contributed by atoms with van der Waals surface area (Å²) in [7, 11) is -3.50. The predicted octanol–water partition coefficient (Wildman–Crippen LogP) is 2.06. The molecule has 38 heavy (non-hydrogen) atoms. The number of hydrogen-bond acceptors (Lipinski definition) is 10. The second kappa shape index (κ2) is 10.4. The van der Waals surface area contributed by atoms with Crippen LogP contribution in [-0.2, 0) is 25.2 Å². The minimum Gasteiger partial charge on any atom is -0.497 e. The molecule has 0 spiro atoms. The van der Waals surface area contributed by atoms with Crippen LogP contribution < -0.4 is 15.7 Å². The molecule has 3 atom stereocenters. The first-order valence-corrected chi connectivity index (χ1v) is 12.3. The molecule has 1 unspecified atom stereocenters. The number of furan rings is 1. The minimum absolute atomic E-state index is 0.266. The Morgan fingerprint density at radius 2 is 2.05 bits per heavy atom. The average molecular weight is 561 g/mol. The van der Waals surface area contributed by atoms with Crippen molar-refractivity contribution in [1.82, 2.24) is 9.55 Å². The SMILES string of the molecule is COc1cc(C)c2oc(COC(=O)Nc3ccn([C@@H]4OC(COP(=O)(O)O)[C@@H](O)C4(F)F)c(=O)n3)cc2c1. The summed E-state index contributed by atoms with van der Waals surface area (Å²) in [6, 6.07) is 6.19. The second-order valence-corrected chi connectivity index (χ2v) is 9.45.